The molecule has 0 spiro atoms. The first-order chi connectivity index (χ1) is 10.3. The van der Waals surface area contributed by atoms with Gasteiger partial charge in [0, 0.05) is 18.1 Å². The average molecular weight is 295 g/mol. The Morgan fingerprint density at radius 3 is 2.62 bits per heavy atom. The van der Waals surface area contributed by atoms with Gasteiger partial charge in [-0.1, -0.05) is 35.9 Å². The van der Waals surface area contributed by atoms with Crippen LogP contribution in [0.15, 0.2) is 59.0 Å². The summed E-state index contributed by atoms with van der Waals surface area (Å²) < 4.78 is 2.23. The number of nitrogens with zero attached hydrogens (tertiary/aromatic N) is 3. The molecule has 0 radical (unpaired) electrons. The van der Waals surface area contributed by atoms with E-state index in [-0.39, 0.29) is 0 Å². The maximum Gasteiger partial charge on any atom is 0.191 e. The van der Waals surface area contributed by atoms with E-state index in [2.05, 4.69) is 58.0 Å². The number of hydrogen-bond acceptors (Lipinski definition) is 3. The van der Waals surface area contributed by atoms with Crippen LogP contribution in [0.4, 0.5) is 5.82 Å². The lowest BCUT2D eigenvalue weighted by molar-refractivity contribution is 0.744. The van der Waals surface area contributed by atoms with E-state index < -0.39 is 0 Å². The van der Waals surface area contributed by atoms with E-state index in [1.807, 2.05) is 18.2 Å². The standard InChI is InChI=1S/C17H17N3S/c1-3-20-15(14-9-7-13(2)8-10-14)12-21-17(20)19-16-6-4-5-11-18-16/h4-12H,3H2,1-2H3. The SMILES string of the molecule is CCn1c(-c2ccc(C)cc2)csc1=Nc1ccccn1. The van der Waals surface area contributed by atoms with Crippen molar-refractivity contribution in [3.8, 4) is 11.3 Å². The van der Waals surface area contributed by atoms with Crippen LogP contribution in [0.5, 0.6) is 0 Å². The highest BCUT2D eigenvalue weighted by molar-refractivity contribution is 7.07. The molecule has 3 rings (SSSR count). The first-order valence-corrected chi connectivity index (χ1v) is 7.87. The third kappa shape index (κ3) is 2.95. The second kappa shape index (κ2) is 6.06. The molecule has 0 aliphatic heterocycles. The average Bonchev–Trinajstić information content (AvgIpc) is 2.92. The van der Waals surface area contributed by atoms with E-state index in [4.69, 9.17) is 0 Å². The van der Waals surface area contributed by atoms with E-state index in [1.54, 1.807) is 17.5 Å². The lowest BCUT2D eigenvalue weighted by Gasteiger charge is -2.06. The van der Waals surface area contributed by atoms with Crippen LogP contribution in [0.25, 0.3) is 11.3 Å². The normalized spacial score (nSPS) is 11.8. The van der Waals surface area contributed by atoms with E-state index in [0.29, 0.717) is 0 Å². The van der Waals surface area contributed by atoms with E-state index in [1.165, 1.54) is 16.8 Å². The minimum Gasteiger partial charge on any atom is -0.317 e. The molecule has 0 saturated carbocycles. The van der Waals surface area contributed by atoms with Gasteiger partial charge in [-0.25, -0.2) is 9.98 Å². The number of benzene rings is 1. The molecule has 106 valence electrons. The van der Waals surface area contributed by atoms with Crippen molar-refractivity contribution < 1.29 is 0 Å². The van der Waals surface area contributed by atoms with Crippen LogP contribution in [0, 0.1) is 6.92 Å². The highest BCUT2D eigenvalue weighted by Crippen LogP contribution is 2.21. The molecule has 0 atom stereocenters. The summed E-state index contributed by atoms with van der Waals surface area (Å²) in [5, 5.41) is 2.16. The fourth-order valence-corrected chi connectivity index (χ4v) is 3.18. The molecule has 0 fully saturated rings. The number of rotatable bonds is 3. The number of pyridine rings is 1. The summed E-state index contributed by atoms with van der Waals surface area (Å²) in [6.45, 7) is 5.13. The molecule has 3 nitrogen and oxygen atoms in total. The van der Waals surface area contributed by atoms with Gasteiger partial charge in [-0.3, -0.25) is 0 Å². The Kier molecular flexibility index (Phi) is 3.97. The van der Waals surface area contributed by atoms with Crippen molar-refractivity contribution in [2.24, 2.45) is 4.99 Å². The van der Waals surface area contributed by atoms with Crippen molar-refractivity contribution in [2.45, 2.75) is 20.4 Å². The predicted octanol–water partition coefficient (Wildman–Crippen LogP) is 4.17. The first-order valence-electron chi connectivity index (χ1n) is 6.99. The second-order valence-corrected chi connectivity index (χ2v) is 5.65. The van der Waals surface area contributed by atoms with Gasteiger partial charge in [0.15, 0.2) is 10.6 Å². The predicted molar refractivity (Wildman–Crippen MR) is 87.6 cm³/mol. The molecule has 2 aromatic heterocycles. The largest absolute Gasteiger partial charge is 0.317 e. The molecule has 2 heterocycles. The minimum absolute atomic E-state index is 0.747. The molecule has 3 aromatic rings. The molecule has 0 aliphatic rings. The molecule has 0 aliphatic carbocycles. The molecular formula is C17H17N3S. The number of aryl methyl sites for hydroxylation is 1. The molecule has 1 aromatic carbocycles. The third-order valence-corrected chi connectivity index (χ3v) is 4.18. The maximum absolute atomic E-state index is 4.65. The van der Waals surface area contributed by atoms with Gasteiger partial charge in [-0.05, 0) is 31.5 Å². The van der Waals surface area contributed by atoms with Crippen LogP contribution < -0.4 is 4.80 Å². The Hall–Kier alpha value is -2.20. The number of thiazole rings is 1. The van der Waals surface area contributed by atoms with E-state index in [0.717, 1.165) is 17.2 Å². The van der Waals surface area contributed by atoms with Crippen LogP contribution >= 0.6 is 11.3 Å². The molecule has 0 saturated heterocycles. The summed E-state index contributed by atoms with van der Waals surface area (Å²) >= 11 is 1.65. The third-order valence-electron chi connectivity index (χ3n) is 3.32. The lowest BCUT2D eigenvalue weighted by Crippen LogP contribution is -2.14. The summed E-state index contributed by atoms with van der Waals surface area (Å²) in [4.78, 5) is 9.89. The highest BCUT2D eigenvalue weighted by atomic mass is 32.1. The van der Waals surface area contributed by atoms with Gasteiger partial charge in [0.25, 0.3) is 0 Å². The van der Waals surface area contributed by atoms with E-state index >= 15 is 0 Å². The van der Waals surface area contributed by atoms with Crippen LogP contribution in [-0.4, -0.2) is 9.55 Å². The van der Waals surface area contributed by atoms with Crippen LogP contribution in [-0.2, 0) is 6.54 Å². The maximum atomic E-state index is 4.65. The van der Waals surface area contributed by atoms with Gasteiger partial charge >= 0.3 is 0 Å². The van der Waals surface area contributed by atoms with Crippen LogP contribution in [0.1, 0.15) is 12.5 Å². The number of hydrogen-bond donors (Lipinski definition) is 0. The van der Waals surface area contributed by atoms with Gasteiger partial charge in [0.05, 0.1) is 5.69 Å². The minimum atomic E-state index is 0.747. The lowest BCUT2D eigenvalue weighted by atomic mass is 10.1. The molecular weight excluding hydrogens is 278 g/mol. The van der Waals surface area contributed by atoms with Crippen molar-refractivity contribution in [3.63, 3.8) is 0 Å². The van der Waals surface area contributed by atoms with Gasteiger partial charge in [-0.2, -0.15) is 0 Å². The topological polar surface area (TPSA) is 30.2 Å². The molecule has 0 bridgehead atoms. The van der Waals surface area contributed by atoms with Crippen molar-refractivity contribution in [1.82, 2.24) is 9.55 Å². The summed E-state index contributed by atoms with van der Waals surface area (Å²) in [7, 11) is 0. The number of aromatic nitrogens is 2. The highest BCUT2D eigenvalue weighted by Gasteiger charge is 2.06. The van der Waals surface area contributed by atoms with Gasteiger partial charge in [0.1, 0.15) is 0 Å². The Morgan fingerprint density at radius 1 is 1.14 bits per heavy atom. The zero-order valence-electron chi connectivity index (χ0n) is 12.2. The van der Waals surface area contributed by atoms with Crippen molar-refractivity contribution >= 4 is 17.2 Å². The monoisotopic (exact) mass is 295 g/mol. The zero-order chi connectivity index (χ0) is 14.7. The molecule has 0 N–H and O–H groups in total. The molecule has 0 amide bonds. The molecule has 21 heavy (non-hydrogen) atoms. The van der Waals surface area contributed by atoms with Crippen LogP contribution in [0.3, 0.4) is 0 Å². The fraction of sp³-hybridized carbons (Fsp3) is 0.176. The van der Waals surface area contributed by atoms with Gasteiger partial charge in [-0.15, -0.1) is 11.3 Å². The Bertz CT molecular complexity index is 783. The molecule has 0 unspecified atom stereocenters. The van der Waals surface area contributed by atoms with Gasteiger partial charge in [0.2, 0.25) is 0 Å². The fourth-order valence-electron chi connectivity index (χ4n) is 2.20. The summed E-state index contributed by atoms with van der Waals surface area (Å²) in [6, 6.07) is 14.4. The summed E-state index contributed by atoms with van der Waals surface area (Å²) in [6.07, 6.45) is 1.77. The smallest absolute Gasteiger partial charge is 0.191 e. The Morgan fingerprint density at radius 2 is 1.95 bits per heavy atom. The Labute approximate surface area is 128 Å². The van der Waals surface area contributed by atoms with E-state index in [9.17, 15) is 0 Å². The quantitative estimate of drug-likeness (QED) is 0.713. The zero-order valence-corrected chi connectivity index (χ0v) is 13.0. The van der Waals surface area contributed by atoms with Crippen molar-refractivity contribution in [2.75, 3.05) is 0 Å². The summed E-state index contributed by atoms with van der Waals surface area (Å²) in [5.74, 6) is 0.747. The summed E-state index contributed by atoms with van der Waals surface area (Å²) in [5.41, 5.74) is 3.70. The molecule has 4 heteroatoms. The second-order valence-electron chi connectivity index (χ2n) is 4.81. The Balaban J connectivity index is 2.09. The first kappa shape index (κ1) is 13.8. The van der Waals surface area contributed by atoms with Crippen LogP contribution in [0.2, 0.25) is 0 Å². The van der Waals surface area contributed by atoms with Crippen molar-refractivity contribution in [1.29, 1.82) is 0 Å². The van der Waals surface area contributed by atoms with Gasteiger partial charge < -0.3 is 4.57 Å². The van der Waals surface area contributed by atoms with Crippen molar-refractivity contribution in [3.05, 3.63) is 64.4 Å².